The Hall–Kier alpha value is -2.87. The van der Waals surface area contributed by atoms with Gasteiger partial charge >= 0.3 is 6.16 Å². The van der Waals surface area contributed by atoms with Crippen LogP contribution in [0.25, 0.3) is 5.52 Å². The van der Waals surface area contributed by atoms with Crippen LogP contribution in [0.1, 0.15) is 50.6 Å². The molecular formula is C22H28N4O6. The van der Waals surface area contributed by atoms with Crippen LogP contribution in [0.5, 0.6) is 0 Å². The third-order valence-corrected chi connectivity index (χ3v) is 6.27. The minimum Gasteiger partial charge on any atom is -0.431 e. The van der Waals surface area contributed by atoms with Crippen molar-refractivity contribution >= 4 is 17.4 Å². The number of carbonyl (C=O) groups is 1. The lowest BCUT2D eigenvalue weighted by Gasteiger charge is -2.24. The van der Waals surface area contributed by atoms with Gasteiger partial charge in [0.25, 0.3) is 0 Å². The molecule has 2 aromatic heterocycles. The highest BCUT2D eigenvalue weighted by molar-refractivity contribution is 5.69. The van der Waals surface area contributed by atoms with Gasteiger partial charge in [-0.2, -0.15) is 10.4 Å². The Morgan fingerprint density at radius 1 is 1.25 bits per heavy atom. The Balaban J connectivity index is 1.44. The molecule has 0 unspecified atom stereocenters. The fourth-order valence-corrected chi connectivity index (χ4v) is 4.49. The fraction of sp³-hybridized carbons (Fsp3) is 0.591. The van der Waals surface area contributed by atoms with Crippen molar-refractivity contribution in [3.8, 4) is 6.07 Å². The van der Waals surface area contributed by atoms with Crippen molar-refractivity contribution in [1.29, 1.82) is 5.26 Å². The van der Waals surface area contributed by atoms with Gasteiger partial charge in [-0.15, -0.1) is 0 Å². The van der Waals surface area contributed by atoms with E-state index in [1.807, 2.05) is 6.07 Å². The predicted octanol–water partition coefficient (Wildman–Crippen LogP) is 2.02. The number of hydrogen-bond donors (Lipinski definition) is 3. The van der Waals surface area contributed by atoms with Gasteiger partial charge in [0.05, 0.1) is 16.9 Å². The molecule has 1 aliphatic heterocycles. The number of hydrogen-bond acceptors (Lipinski definition) is 9. The number of aliphatic hydroxyl groups excluding tert-OH is 2. The lowest BCUT2D eigenvalue weighted by molar-refractivity contribution is -0.0755. The highest BCUT2D eigenvalue weighted by Gasteiger charge is 2.57. The van der Waals surface area contributed by atoms with Crippen LogP contribution in [-0.2, 0) is 19.8 Å². The second-order valence-electron chi connectivity index (χ2n) is 8.39. The first-order chi connectivity index (χ1) is 15.5. The van der Waals surface area contributed by atoms with E-state index in [4.69, 9.17) is 19.9 Å². The second-order valence-corrected chi connectivity index (χ2v) is 8.39. The summed E-state index contributed by atoms with van der Waals surface area (Å²) in [6.07, 6.45) is 3.29. The van der Waals surface area contributed by atoms with Crippen molar-refractivity contribution in [2.45, 2.75) is 75.0 Å². The first-order valence-electron chi connectivity index (χ1n) is 11.0. The minimum atomic E-state index is -1.91. The highest BCUT2D eigenvalue weighted by atomic mass is 16.7. The topological polar surface area (TPSA) is 152 Å². The third kappa shape index (κ3) is 4.11. The van der Waals surface area contributed by atoms with Gasteiger partial charge in [0.1, 0.15) is 37.1 Å². The van der Waals surface area contributed by atoms with Crippen molar-refractivity contribution < 1.29 is 29.2 Å². The maximum atomic E-state index is 12.2. The van der Waals surface area contributed by atoms with Crippen molar-refractivity contribution in [3.05, 3.63) is 30.1 Å². The van der Waals surface area contributed by atoms with E-state index < -0.39 is 30.1 Å². The molecule has 2 aliphatic rings. The van der Waals surface area contributed by atoms with E-state index in [2.05, 4.69) is 5.10 Å². The number of fused-ring (bicyclic) bond motifs is 1. The Morgan fingerprint density at radius 3 is 2.69 bits per heavy atom. The van der Waals surface area contributed by atoms with Crippen LogP contribution < -0.4 is 5.73 Å². The SMILES string of the molecule is N#C[C@@]1(c2ccc3c(N)ccnn23)O[C@H](COC(=O)OC2CCCCCCC2)[C@@H](O)[C@H]1O. The molecule has 0 spiro atoms. The van der Waals surface area contributed by atoms with Gasteiger partial charge in [-0.3, -0.25) is 0 Å². The van der Waals surface area contributed by atoms with Crippen LogP contribution in [0.3, 0.4) is 0 Å². The molecule has 0 aromatic carbocycles. The van der Waals surface area contributed by atoms with E-state index in [1.54, 1.807) is 18.2 Å². The van der Waals surface area contributed by atoms with Crippen molar-refractivity contribution in [3.63, 3.8) is 0 Å². The van der Waals surface area contributed by atoms with E-state index in [-0.39, 0.29) is 18.4 Å². The van der Waals surface area contributed by atoms with Crippen molar-refractivity contribution in [1.82, 2.24) is 9.61 Å². The summed E-state index contributed by atoms with van der Waals surface area (Å²) in [7, 11) is 0. The molecule has 32 heavy (non-hydrogen) atoms. The molecule has 0 bridgehead atoms. The van der Waals surface area contributed by atoms with E-state index in [1.165, 1.54) is 17.1 Å². The zero-order chi connectivity index (χ0) is 22.7. The molecule has 0 radical (unpaired) electrons. The number of ether oxygens (including phenoxy) is 3. The maximum absolute atomic E-state index is 12.2. The second kappa shape index (κ2) is 9.32. The molecule has 1 saturated carbocycles. The standard InChI is InChI=1S/C22H28N4O6/c23-13-22(18-9-8-16-15(24)10-11-25-26(16)18)20(28)19(27)17(32-22)12-30-21(29)31-14-6-4-2-1-3-5-7-14/h8-11,14,17,19-20,27-28H,1-7,12,24H2/t17-,19-,20-,22+/m1/s1. The number of nitrogens with two attached hydrogens (primary N) is 1. The summed E-state index contributed by atoms with van der Waals surface area (Å²) in [6.45, 7) is -0.369. The molecule has 4 atom stereocenters. The van der Waals surface area contributed by atoms with E-state index in [0.29, 0.717) is 11.2 Å². The Kier molecular flexibility index (Phi) is 6.50. The molecule has 4 N–H and O–H groups in total. The molecule has 1 saturated heterocycles. The van der Waals surface area contributed by atoms with Gasteiger partial charge in [0.2, 0.25) is 5.60 Å². The van der Waals surface area contributed by atoms with Crippen LogP contribution in [0, 0.1) is 11.3 Å². The predicted molar refractivity (Wildman–Crippen MR) is 112 cm³/mol. The van der Waals surface area contributed by atoms with E-state index in [0.717, 1.165) is 38.5 Å². The maximum Gasteiger partial charge on any atom is 0.508 e. The van der Waals surface area contributed by atoms with Gasteiger partial charge < -0.3 is 30.2 Å². The molecule has 172 valence electrons. The first kappa shape index (κ1) is 22.3. The summed E-state index contributed by atoms with van der Waals surface area (Å²) in [5.41, 5.74) is 5.22. The summed E-state index contributed by atoms with van der Waals surface area (Å²) in [4.78, 5) is 12.2. The number of anilines is 1. The highest BCUT2D eigenvalue weighted by Crippen LogP contribution is 2.40. The smallest absolute Gasteiger partial charge is 0.431 e. The molecule has 2 fully saturated rings. The molecule has 2 aromatic rings. The number of nitriles is 1. The number of aromatic nitrogens is 2. The lowest BCUT2D eigenvalue weighted by Crippen LogP contribution is -2.41. The normalized spacial score (nSPS) is 29.2. The van der Waals surface area contributed by atoms with Crippen molar-refractivity contribution in [2.75, 3.05) is 12.3 Å². The van der Waals surface area contributed by atoms with Crippen molar-refractivity contribution in [2.24, 2.45) is 0 Å². The molecular weight excluding hydrogens is 416 g/mol. The zero-order valence-electron chi connectivity index (χ0n) is 17.7. The zero-order valence-corrected chi connectivity index (χ0v) is 17.7. The van der Waals surface area contributed by atoms with Crippen LogP contribution in [0.4, 0.5) is 10.5 Å². The number of rotatable bonds is 4. The molecule has 10 nitrogen and oxygen atoms in total. The van der Waals surface area contributed by atoms with E-state index >= 15 is 0 Å². The molecule has 3 heterocycles. The van der Waals surface area contributed by atoms with Crippen LogP contribution in [0.15, 0.2) is 24.4 Å². The minimum absolute atomic E-state index is 0.190. The lowest BCUT2D eigenvalue weighted by atomic mass is 9.92. The number of carbonyl (C=O) groups excluding carboxylic acids is 1. The van der Waals surface area contributed by atoms with Crippen LogP contribution >= 0.6 is 0 Å². The average Bonchev–Trinajstić information content (AvgIpc) is 3.30. The summed E-state index contributed by atoms with van der Waals surface area (Å²) >= 11 is 0. The summed E-state index contributed by atoms with van der Waals surface area (Å²) < 4.78 is 17.8. The van der Waals surface area contributed by atoms with E-state index in [9.17, 15) is 20.3 Å². The average molecular weight is 444 g/mol. The van der Waals surface area contributed by atoms with Gasteiger partial charge in [-0.1, -0.05) is 19.3 Å². The summed E-state index contributed by atoms with van der Waals surface area (Å²) in [5.74, 6) is 0. The molecule has 4 rings (SSSR count). The first-order valence-corrected chi connectivity index (χ1v) is 11.0. The van der Waals surface area contributed by atoms with Gasteiger partial charge in [0, 0.05) is 6.20 Å². The van der Waals surface area contributed by atoms with Gasteiger partial charge in [0.15, 0.2) is 0 Å². The summed E-state index contributed by atoms with van der Waals surface area (Å²) in [6, 6.07) is 6.78. The monoisotopic (exact) mass is 444 g/mol. The Morgan fingerprint density at radius 2 is 1.97 bits per heavy atom. The summed E-state index contributed by atoms with van der Waals surface area (Å²) in [5, 5.41) is 35.4. The van der Waals surface area contributed by atoms with Gasteiger partial charge in [-0.05, 0) is 43.9 Å². The largest absolute Gasteiger partial charge is 0.508 e. The number of nitrogen functional groups attached to an aromatic ring is 1. The van der Waals surface area contributed by atoms with Crippen LogP contribution in [0.2, 0.25) is 0 Å². The number of aliphatic hydroxyl groups is 2. The number of nitrogens with zero attached hydrogens (tertiary/aromatic N) is 3. The molecule has 10 heteroatoms. The molecule has 0 amide bonds. The Bertz CT molecular complexity index is 996. The Labute approximate surface area is 185 Å². The molecule has 1 aliphatic carbocycles. The van der Waals surface area contributed by atoms with Gasteiger partial charge in [-0.25, -0.2) is 9.31 Å². The third-order valence-electron chi connectivity index (χ3n) is 6.27. The fourth-order valence-electron chi connectivity index (χ4n) is 4.49. The van der Waals surface area contributed by atoms with Crippen LogP contribution in [-0.4, -0.2) is 57.0 Å². The quantitative estimate of drug-likeness (QED) is 0.601.